The number of oxime groups is 1. The molecule has 0 fully saturated rings. The second-order valence-corrected chi connectivity index (χ2v) is 10.0. The fourth-order valence-electron chi connectivity index (χ4n) is 3.90. The summed E-state index contributed by atoms with van der Waals surface area (Å²) in [5.74, 6) is -1.88. The van der Waals surface area contributed by atoms with Crippen molar-refractivity contribution in [1.82, 2.24) is 4.98 Å². The molecule has 0 amide bonds. The Morgan fingerprint density at radius 2 is 1.91 bits per heavy atom. The van der Waals surface area contributed by atoms with Crippen molar-refractivity contribution in [1.29, 1.82) is 0 Å². The van der Waals surface area contributed by atoms with E-state index in [-0.39, 0.29) is 6.42 Å². The zero-order valence-corrected chi connectivity index (χ0v) is 19.7. The number of aryl methyl sites for hydroxylation is 1. The maximum atomic E-state index is 15.0. The summed E-state index contributed by atoms with van der Waals surface area (Å²) in [5, 5.41) is 24.9. The molecule has 4 rings (SSSR count). The molecule has 0 aliphatic rings. The number of pyridine rings is 1. The van der Waals surface area contributed by atoms with E-state index in [4.69, 9.17) is 11.6 Å². The summed E-state index contributed by atoms with van der Waals surface area (Å²) < 4.78 is 15.0. The first-order chi connectivity index (χ1) is 16.4. The number of thiophene rings is 1. The first-order valence-electron chi connectivity index (χ1n) is 10.4. The quantitative estimate of drug-likeness (QED) is 0.125. The zero-order chi connectivity index (χ0) is 24.2. The van der Waals surface area contributed by atoms with Crippen LogP contribution < -0.4 is 0 Å². The third kappa shape index (κ3) is 5.00. The topological polar surface area (TPSA) is 82.8 Å². The predicted octanol–water partition coefficient (Wildman–Crippen LogP) is 7.02. The van der Waals surface area contributed by atoms with E-state index in [9.17, 15) is 19.5 Å². The summed E-state index contributed by atoms with van der Waals surface area (Å²) in [4.78, 5) is 16.9. The lowest BCUT2D eigenvalue weighted by Gasteiger charge is -2.20. The Morgan fingerprint density at radius 3 is 2.56 bits per heavy atom. The Balaban J connectivity index is 1.75. The normalized spacial score (nSPS) is 13.0. The van der Waals surface area contributed by atoms with Crippen molar-refractivity contribution in [2.24, 2.45) is 5.16 Å². The lowest BCUT2D eigenvalue weighted by Crippen LogP contribution is -2.12. The van der Waals surface area contributed by atoms with Gasteiger partial charge in [0, 0.05) is 51.4 Å². The molecule has 2 atom stereocenters. The van der Waals surface area contributed by atoms with Crippen molar-refractivity contribution in [3.05, 3.63) is 116 Å². The molecule has 2 aromatic carbocycles. The molecule has 0 spiro atoms. The monoisotopic (exact) mass is 495 g/mol. The minimum absolute atomic E-state index is 0.226. The third-order valence-corrected chi connectivity index (χ3v) is 7.76. The Labute approximate surface area is 203 Å². The molecule has 5 nitrogen and oxygen atoms in total. The van der Waals surface area contributed by atoms with Gasteiger partial charge in [-0.3, -0.25) is 4.98 Å². The van der Waals surface area contributed by atoms with Gasteiger partial charge < -0.3 is 10.3 Å². The number of nitrogens with zero attached hydrogens (tertiary/aromatic N) is 2. The molecule has 8 heteroatoms. The maximum absolute atomic E-state index is 15.0. The molecule has 2 N–H and O–H groups in total. The molecule has 0 radical (unpaired) electrons. The highest BCUT2D eigenvalue weighted by atomic mass is 35.5. The molecule has 0 aliphatic carbocycles. The van der Waals surface area contributed by atoms with Crippen LogP contribution in [-0.4, -0.2) is 27.0 Å². The number of hydrogen-bond donors (Lipinski definition) is 2. The van der Waals surface area contributed by atoms with Crippen LogP contribution in [0.5, 0.6) is 0 Å². The molecule has 2 heterocycles. The fraction of sp³-hybridized carbons (Fsp3) is 0.115. The Kier molecular flexibility index (Phi) is 7.05. The second-order valence-electron chi connectivity index (χ2n) is 7.73. The van der Waals surface area contributed by atoms with Gasteiger partial charge in [-0.05, 0) is 60.5 Å². The van der Waals surface area contributed by atoms with Crippen molar-refractivity contribution in [2.45, 2.75) is 19.3 Å². The van der Waals surface area contributed by atoms with E-state index in [0.29, 0.717) is 26.7 Å². The highest BCUT2D eigenvalue weighted by Crippen LogP contribution is 2.38. The summed E-state index contributed by atoms with van der Waals surface area (Å²) in [5.41, 5.74) is 3.07. The number of carboxylic acid groups (broad SMARTS) is 1. The van der Waals surface area contributed by atoms with Crippen LogP contribution in [0.3, 0.4) is 0 Å². The minimum atomic E-state index is -0.949. The van der Waals surface area contributed by atoms with Gasteiger partial charge in [0.2, 0.25) is 0 Å². The van der Waals surface area contributed by atoms with Crippen LogP contribution in [0, 0.1) is 12.7 Å². The van der Waals surface area contributed by atoms with E-state index in [2.05, 4.69) is 10.1 Å². The summed E-state index contributed by atoms with van der Waals surface area (Å²) in [6.07, 6.45) is 1.86. The largest absolute Gasteiger partial charge is 0.474 e. The van der Waals surface area contributed by atoms with Crippen molar-refractivity contribution in [3.63, 3.8) is 0 Å². The molecule has 2 unspecified atom stereocenters. The van der Waals surface area contributed by atoms with Gasteiger partial charge >= 0.3 is 5.97 Å². The molecular formula is C26H21ClFN2O3S+. The van der Waals surface area contributed by atoms with Crippen LogP contribution in [0.4, 0.5) is 4.39 Å². The van der Waals surface area contributed by atoms with Crippen LogP contribution >= 0.6 is 22.1 Å². The number of rotatable bonds is 7. The van der Waals surface area contributed by atoms with Gasteiger partial charge in [-0.15, -0.1) is 0 Å². The number of benzene rings is 2. The average molecular weight is 496 g/mol. The lowest BCUT2D eigenvalue weighted by molar-refractivity contribution is 0.0702. The Bertz CT molecular complexity index is 1370. The minimum Gasteiger partial charge on any atom is -0.474 e. The average Bonchev–Trinajstić information content (AvgIpc) is 3.31. The van der Waals surface area contributed by atoms with E-state index < -0.39 is 28.2 Å². The molecule has 34 heavy (non-hydrogen) atoms. The second kappa shape index (κ2) is 10.2. The first-order valence-corrected chi connectivity index (χ1v) is 12.1. The Hall–Kier alpha value is -3.55. The van der Waals surface area contributed by atoms with E-state index in [0.717, 1.165) is 16.2 Å². The summed E-state index contributed by atoms with van der Waals surface area (Å²) in [6, 6.07) is 18.9. The number of aromatic nitrogens is 1. The number of carboxylic acids is 1. The number of halogens is 2. The van der Waals surface area contributed by atoms with Crippen molar-refractivity contribution in [3.8, 4) is 4.90 Å². The Morgan fingerprint density at radius 1 is 1.15 bits per heavy atom. The van der Waals surface area contributed by atoms with Gasteiger partial charge in [-0.1, -0.05) is 35.0 Å². The maximum Gasteiger partial charge on any atom is 0.389 e. The molecule has 0 aliphatic heterocycles. The first kappa shape index (κ1) is 23.6. The van der Waals surface area contributed by atoms with Gasteiger partial charge in [-0.25, -0.2) is 9.18 Å². The summed E-state index contributed by atoms with van der Waals surface area (Å²) in [6.45, 7) is 1.84. The highest BCUT2D eigenvalue weighted by molar-refractivity contribution is 7.39. The highest BCUT2D eigenvalue weighted by Gasteiger charge is 2.25. The van der Waals surface area contributed by atoms with Gasteiger partial charge in [0.25, 0.3) is 4.88 Å². The predicted molar refractivity (Wildman–Crippen MR) is 132 cm³/mol. The molecule has 2 aromatic heterocycles. The molecular weight excluding hydrogens is 475 g/mol. The number of aromatic carboxylic acids is 1. The van der Waals surface area contributed by atoms with Crippen LogP contribution in [0.15, 0.2) is 83.5 Å². The van der Waals surface area contributed by atoms with Gasteiger partial charge in [0.1, 0.15) is 11.2 Å². The van der Waals surface area contributed by atoms with Gasteiger partial charge in [0.05, 0.1) is 5.71 Å². The molecule has 0 saturated carbocycles. The molecule has 4 aromatic rings. The van der Waals surface area contributed by atoms with Gasteiger partial charge in [-0.2, -0.15) is 0 Å². The van der Waals surface area contributed by atoms with Crippen LogP contribution in [0.25, 0.3) is 4.90 Å². The van der Waals surface area contributed by atoms with Crippen LogP contribution in [0.2, 0.25) is 5.02 Å². The zero-order valence-electron chi connectivity index (χ0n) is 18.2. The van der Waals surface area contributed by atoms with Crippen LogP contribution in [0.1, 0.15) is 44.4 Å². The number of hydrogen-bond acceptors (Lipinski definition) is 4. The van der Waals surface area contributed by atoms with Crippen molar-refractivity contribution >= 4 is 33.8 Å². The van der Waals surface area contributed by atoms with Crippen LogP contribution in [-0.2, 0) is 0 Å². The summed E-state index contributed by atoms with van der Waals surface area (Å²) >= 11 is 5.98. The van der Waals surface area contributed by atoms with E-state index in [1.807, 2.05) is 36.6 Å². The standard InChI is InChI=1S/C26H20ClFN2O3S/c1-16-13-18(10-11-29-16)24(30-33)15-22(21-9-6-19(27)14-23(21)28)17-4-7-20(8-5-17)34-12-2-3-25(34)26(31)32/h2-14,22H,15H2,1H3,(H-,29,31,32,33)/p+1. The van der Waals surface area contributed by atoms with E-state index in [1.165, 1.54) is 6.07 Å². The lowest BCUT2D eigenvalue weighted by atomic mass is 9.85. The third-order valence-electron chi connectivity index (χ3n) is 5.53. The molecule has 172 valence electrons. The SMILES string of the molecule is Cc1cc(/C(CC(c2ccc(-[s+]3cccc3C(=O)O)cc2)c2ccc(Cl)cc2F)=N/O)ccn1. The summed E-state index contributed by atoms with van der Waals surface area (Å²) in [7, 11) is -0.658. The van der Waals surface area contributed by atoms with Crippen molar-refractivity contribution < 1.29 is 19.5 Å². The van der Waals surface area contributed by atoms with E-state index in [1.54, 1.807) is 42.6 Å². The molecule has 0 bridgehead atoms. The smallest absolute Gasteiger partial charge is 0.389 e. The fourth-order valence-corrected chi connectivity index (χ4v) is 5.69. The number of carbonyl (C=O) groups is 1. The van der Waals surface area contributed by atoms with Crippen molar-refractivity contribution in [2.75, 3.05) is 0 Å². The van der Waals surface area contributed by atoms with E-state index >= 15 is 0 Å². The van der Waals surface area contributed by atoms with Gasteiger partial charge in [0.15, 0.2) is 4.90 Å². The molecule has 0 saturated heterocycles.